The Hall–Kier alpha value is -3.24. The van der Waals surface area contributed by atoms with Gasteiger partial charge in [-0.25, -0.2) is 0 Å². The van der Waals surface area contributed by atoms with Crippen LogP contribution in [0.25, 0.3) is 0 Å². The zero-order chi connectivity index (χ0) is 23.8. The number of carbonyl (C=O) groups is 2. The molecule has 0 bridgehead atoms. The molecule has 2 aromatic rings. The molecule has 9 nitrogen and oxygen atoms in total. The maximum atomic E-state index is 13.0. The number of carbonyl (C=O) groups excluding carboxylic acids is 2. The quantitative estimate of drug-likeness (QED) is 0.252. The van der Waals surface area contributed by atoms with Crippen molar-refractivity contribution < 1.29 is 24.6 Å². The predicted octanol–water partition coefficient (Wildman–Crippen LogP) is 1.79. The van der Waals surface area contributed by atoms with E-state index in [4.69, 9.17) is 0 Å². The molecular formula is C22H28BN3O6. The molecule has 0 unspecified atom stereocenters. The van der Waals surface area contributed by atoms with Gasteiger partial charge in [-0.15, -0.1) is 0 Å². The van der Waals surface area contributed by atoms with E-state index >= 15 is 0 Å². The van der Waals surface area contributed by atoms with E-state index in [0.29, 0.717) is 12.0 Å². The Balaban J connectivity index is 2.29. The van der Waals surface area contributed by atoms with Crippen LogP contribution in [0.5, 0.6) is 0 Å². The highest BCUT2D eigenvalue weighted by atomic mass is 16.6. The lowest BCUT2D eigenvalue weighted by atomic mass is 9.75. The van der Waals surface area contributed by atoms with Gasteiger partial charge in [0.1, 0.15) is 6.04 Å². The smallest absolute Gasteiger partial charge is 0.426 e. The number of nitro benzene ring substituents is 1. The summed E-state index contributed by atoms with van der Waals surface area (Å²) in [7, 11) is -1.76. The van der Waals surface area contributed by atoms with Gasteiger partial charge in [-0.3, -0.25) is 19.7 Å². The van der Waals surface area contributed by atoms with Crippen LogP contribution in [0.15, 0.2) is 48.5 Å². The molecule has 0 radical (unpaired) electrons. The van der Waals surface area contributed by atoms with Crippen LogP contribution in [0.4, 0.5) is 5.69 Å². The van der Waals surface area contributed by atoms with Crippen molar-refractivity contribution in [1.29, 1.82) is 0 Å². The number of rotatable bonds is 10. The molecular weight excluding hydrogens is 413 g/mol. The molecule has 0 aliphatic rings. The maximum Gasteiger partial charge on any atom is 0.475 e. The van der Waals surface area contributed by atoms with Gasteiger partial charge in [-0.1, -0.05) is 50.2 Å². The maximum absolute atomic E-state index is 13.0. The summed E-state index contributed by atoms with van der Waals surface area (Å²) in [6.45, 7) is 5.41. The van der Waals surface area contributed by atoms with Crippen molar-refractivity contribution in [3.05, 3.63) is 75.3 Å². The molecule has 0 spiro atoms. The standard InChI is InChI=1S/C22H28BN3O6/c1-14(2)11-20(23(29)30)25-22(28)19(12-16-7-5-4-6-8-16)24-21(27)18-13-17(26(31)32)10-9-15(18)3/h4-10,13-14,19-20,29-30H,11-12H2,1-3H3,(H,24,27)(H,25,28)/t19-,20-/m0/s1. The summed E-state index contributed by atoms with van der Waals surface area (Å²) in [6.07, 6.45) is 0.488. The van der Waals surface area contributed by atoms with Crippen molar-refractivity contribution in [2.45, 2.75) is 45.6 Å². The fourth-order valence-electron chi connectivity index (χ4n) is 3.31. The number of amides is 2. The molecule has 2 aromatic carbocycles. The van der Waals surface area contributed by atoms with Gasteiger partial charge in [0.2, 0.25) is 5.91 Å². The first kappa shape index (κ1) is 25.0. The van der Waals surface area contributed by atoms with Crippen LogP contribution in [-0.2, 0) is 11.2 Å². The summed E-state index contributed by atoms with van der Waals surface area (Å²) in [5, 5.41) is 35.7. The fourth-order valence-corrected chi connectivity index (χ4v) is 3.31. The monoisotopic (exact) mass is 441 g/mol. The number of hydrogen-bond acceptors (Lipinski definition) is 6. The minimum atomic E-state index is -1.76. The van der Waals surface area contributed by atoms with E-state index < -0.39 is 35.8 Å². The first-order valence-electron chi connectivity index (χ1n) is 10.3. The van der Waals surface area contributed by atoms with Gasteiger partial charge in [-0.2, -0.15) is 0 Å². The van der Waals surface area contributed by atoms with Crippen molar-refractivity contribution in [2.24, 2.45) is 5.92 Å². The van der Waals surface area contributed by atoms with Gasteiger partial charge in [0.05, 0.1) is 10.9 Å². The number of nitrogens with zero attached hydrogens (tertiary/aromatic N) is 1. The SMILES string of the molecule is Cc1ccc([N+](=O)[O-])cc1C(=O)N[C@@H](Cc1ccccc1)C(=O)N[C@@H](CC(C)C)B(O)O. The lowest BCUT2D eigenvalue weighted by Gasteiger charge is -2.24. The third kappa shape index (κ3) is 7.17. The Kier molecular flexibility index (Phi) is 8.92. The molecule has 2 amide bonds. The third-order valence-corrected chi connectivity index (χ3v) is 4.99. The van der Waals surface area contributed by atoms with Gasteiger partial charge in [-0.05, 0) is 30.4 Å². The van der Waals surface area contributed by atoms with Gasteiger partial charge in [0, 0.05) is 24.1 Å². The van der Waals surface area contributed by atoms with Gasteiger partial charge >= 0.3 is 7.12 Å². The molecule has 0 aliphatic carbocycles. The summed E-state index contributed by atoms with van der Waals surface area (Å²) in [5.74, 6) is -2.02. The van der Waals surface area contributed by atoms with Crippen LogP contribution in [-0.4, -0.2) is 45.9 Å². The minimum Gasteiger partial charge on any atom is -0.426 e. The van der Waals surface area contributed by atoms with Crippen molar-refractivity contribution >= 4 is 24.6 Å². The summed E-state index contributed by atoms with van der Waals surface area (Å²) >= 11 is 0. The van der Waals surface area contributed by atoms with E-state index in [1.165, 1.54) is 18.2 Å². The second kappa shape index (κ2) is 11.4. The fraction of sp³-hybridized carbons (Fsp3) is 0.364. The van der Waals surface area contributed by atoms with E-state index in [0.717, 1.165) is 5.56 Å². The zero-order valence-corrected chi connectivity index (χ0v) is 18.3. The van der Waals surface area contributed by atoms with Crippen LogP contribution in [0.2, 0.25) is 0 Å². The van der Waals surface area contributed by atoms with Crippen LogP contribution < -0.4 is 10.6 Å². The van der Waals surface area contributed by atoms with E-state index in [1.807, 2.05) is 19.9 Å². The molecule has 0 fully saturated rings. The highest BCUT2D eigenvalue weighted by Gasteiger charge is 2.30. The molecule has 32 heavy (non-hydrogen) atoms. The number of nitrogens with one attached hydrogen (secondary N) is 2. The number of aryl methyl sites for hydroxylation is 1. The van der Waals surface area contributed by atoms with Crippen molar-refractivity contribution in [2.75, 3.05) is 0 Å². The summed E-state index contributed by atoms with van der Waals surface area (Å²) in [5.41, 5.74) is 1.17. The third-order valence-electron chi connectivity index (χ3n) is 4.99. The van der Waals surface area contributed by atoms with Gasteiger partial charge in [0.15, 0.2) is 0 Å². The summed E-state index contributed by atoms with van der Waals surface area (Å²) in [4.78, 5) is 36.4. The lowest BCUT2D eigenvalue weighted by Crippen LogP contribution is -2.55. The van der Waals surface area contributed by atoms with Crippen LogP contribution in [0.3, 0.4) is 0 Å². The largest absolute Gasteiger partial charge is 0.475 e. The Bertz CT molecular complexity index is 952. The molecule has 4 N–H and O–H groups in total. The van der Waals surface area contributed by atoms with E-state index in [1.54, 1.807) is 31.2 Å². The van der Waals surface area contributed by atoms with Crippen LogP contribution in [0.1, 0.15) is 41.8 Å². The number of hydrogen-bond donors (Lipinski definition) is 4. The number of non-ortho nitro benzene ring substituents is 1. The Morgan fingerprint density at radius 2 is 1.75 bits per heavy atom. The van der Waals surface area contributed by atoms with Crippen LogP contribution in [0, 0.1) is 23.0 Å². The van der Waals surface area contributed by atoms with Crippen LogP contribution >= 0.6 is 0 Å². The van der Waals surface area contributed by atoms with Gasteiger partial charge in [0.25, 0.3) is 11.6 Å². The lowest BCUT2D eigenvalue weighted by molar-refractivity contribution is -0.384. The van der Waals surface area contributed by atoms with Crippen molar-refractivity contribution in [3.63, 3.8) is 0 Å². The average molecular weight is 441 g/mol. The average Bonchev–Trinajstić information content (AvgIpc) is 2.73. The highest BCUT2D eigenvalue weighted by Crippen LogP contribution is 2.18. The molecule has 0 heterocycles. The molecule has 170 valence electrons. The number of benzene rings is 2. The predicted molar refractivity (Wildman–Crippen MR) is 121 cm³/mol. The summed E-state index contributed by atoms with van der Waals surface area (Å²) in [6, 6.07) is 11.9. The first-order chi connectivity index (χ1) is 15.1. The van der Waals surface area contributed by atoms with E-state index in [9.17, 15) is 29.8 Å². The summed E-state index contributed by atoms with van der Waals surface area (Å²) < 4.78 is 0. The highest BCUT2D eigenvalue weighted by molar-refractivity contribution is 6.43. The second-order valence-electron chi connectivity index (χ2n) is 8.13. The van der Waals surface area contributed by atoms with E-state index in [2.05, 4.69) is 10.6 Å². The molecule has 0 aliphatic heterocycles. The molecule has 10 heteroatoms. The molecule has 2 rings (SSSR count). The van der Waals surface area contributed by atoms with Gasteiger partial charge < -0.3 is 20.7 Å². The second-order valence-corrected chi connectivity index (χ2v) is 8.13. The Morgan fingerprint density at radius 3 is 2.31 bits per heavy atom. The zero-order valence-electron chi connectivity index (χ0n) is 18.3. The van der Waals surface area contributed by atoms with E-state index in [-0.39, 0.29) is 23.6 Å². The first-order valence-corrected chi connectivity index (χ1v) is 10.3. The minimum absolute atomic E-state index is 0.0889. The van der Waals surface area contributed by atoms with Crippen molar-refractivity contribution in [3.8, 4) is 0 Å². The normalized spacial score (nSPS) is 12.7. The molecule has 0 saturated carbocycles. The van der Waals surface area contributed by atoms with Crippen molar-refractivity contribution in [1.82, 2.24) is 10.6 Å². The Morgan fingerprint density at radius 1 is 1.09 bits per heavy atom. The number of nitro groups is 1. The molecule has 0 saturated heterocycles. The topological polar surface area (TPSA) is 142 Å². The molecule has 0 aromatic heterocycles. The Labute approximate surface area is 187 Å². The molecule has 2 atom stereocenters.